The Labute approximate surface area is 98.1 Å². The summed E-state index contributed by atoms with van der Waals surface area (Å²) >= 11 is 0. The van der Waals surface area contributed by atoms with Crippen LogP contribution in [-0.2, 0) is 6.54 Å². The van der Waals surface area contributed by atoms with Crippen molar-refractivity contribution in [1.82, 2.24) is 9.55 Å². The van der Waals surface area contributed by atoms with Crippen LogP contribution in [0.3, 0.4) is 0 Å². The number of hydrogen-bond acceptors (Lipinski definition) is 2. The number of rotatable bonds is 3. The second-order valence-electron chi connectivity index (χ2n) is 5.39. The van der Waals surface area contributed by atoms with Crippen LogP contribution in [0.1, 0.15) is 51.3 Å². The number of nitrogens with two attached hydrogens (primary N) is 1. The molecule has 1 fully saturated rings. The summed E-state index contributed by atoms with van der Waals surface area (Å²) in [4.78, 5) is 4.21. The number of hydrogen-bond donors (Lipinski definition) is 1. The Kier molecular flexibility index (Phi) is 3.64. The lowest BCUT2D eigenvalue weighted by Crippen LogP contribution is -2.20. The molecule has 1 atom stereocenters. The molecular formula is C13H23N3. The maximum Gasteiger partial charge on any atom is 0.0948 e. The van der Waals surface area contributed by atoms with E-state index in [0.29, 0.717) is 0 Å². The van der Waals surface area contributed by atoms with Crippen molar-refractivity contribution in [3.8, 4) is 0 Å². The average Bonchev–Trinajstić information content (AvgIpc) is 2.69. The highest BCUT2D eigenvalue weighted by molar-refractivity contribution is 5.03. The molecule has 16 heavy (non-hydrogen) atoms. The highest BCUT2D eigenvalue weighted by atomic mass is 15.1. The van der Waals surface area contributed by atoms with E-state index in [0.717, 1.165) is 18.4 Å². The Balaban J connectivity index is 1.96. The zero-order valence-corrected chi connectivity index (χ0v) is 10.4. The fourth-order valence-corrected chi connectivity index (χ4v) is 2.65. The topological polar surface area (TPSA) is 43.8 Å². The Morgan fingerprint density at radius 1 is 1.44 bits per heavy atom. The highest BCUT2D eigenvalue weighted by Gasteiger charge is 2.19. The standard InChI is InChI=1S/C13H23N3/c1-10-3-5-12(6-4-10)8-16-9-15-7-13(16)11(2)14/h7,9-12H,3-6,8,14H2,1-2H3/t10?,11-,12?/m0/s1. The van der Waals surface area contributed by atoms with Gasteiger partial charge in [0.05, 0.1) is 12.0 Å². The van der Waals surface area contributed by atoms with Crippen molar-refractivity contribution in [2.24, 2.45) is 17.6 Å². The minimum atomic E-state index is 0.0880. The number of nitrogens with zero attached hydrogens (tertiary/aromatic N) is 2. The van der Waals surface area contributed by atoms with E-state index in [9.17, 15) is 0 Å². The van der Waals surface area contributed by atoms with Crippen LogP contribution in [0.5, 0.6) is 0 Å². The van der Waals surface area contributed by atoms with Gasteiger partial charge in [0.1, 0.15) is 0 Å². The molecule has 0 aliphatic heterocycles. The molecule has 3 heteroatoms. The predicted molar refractivity (Wildman–Crippen MR) is 66.0 cm³/mol. The summed E-state index contributed by atoms with van der Waals surface area (Å²) in [6.07, 6.45) is 9.31. The molecule has 0 aromatic carbocycles. The van der Waals surface area contributed by atoms with Crippen molar-refractivity contribution in [3.05, 3.63) is 18.2 Å². The van der Waals surface area contributed by atoms with E-state index in [4.69, 9.17) is 5.73 Å². The first-order chi connectivity index (χ1) is 7.66. The highest BCUT2D eigenvalue weighted by Crippen LogP contribution is 2.29. The molecule has 3 nitrogen and oxygen atoms in total. The molecule has 1 saturated carbocycles. The lowest BCUT2D eigenvalue weighted by atomic mass is 9.83. The van der Waals surface area contributed by atoms with Gasteiger partial charge in [0, 0.05) is 18.8 Å². The fraction of sp³-hybridized carbons (Fsp3) is 0.769. The third-order valence-corrected chi connectivity index (χ3v) is 3.80. The molecule has 1 aromatic heterocycles. The summed E-state index contributed by atoms with van der Waals surface area (Å²) in [5.41, 5.74) is 7.09. The summed E-state index contributed by atoms with van der Waals surface area (Å²) in [6, 6.07) is 0.0880. The van der Waals surface area contributed by atoms with E-state index >= 15 is 0 Å². The van der Waals surface area contributed by atoms with Crippen molar-refractivity contribution < 1.29 is 0 Å². The van der Waals surface area contributed by atoms with E-state index in [2.05, 4.69) is 16.5 Å². The molecule has 1 aliphatic carbocycles. The van der Waals surface area contributed by atoms with Crippen molar-refractivity contribution >= 4 is 0 Å². The first kappa shape index (κ1) is 11.6. The summed E-state index contributed by atoms with van der Waals surface area (Å²) in [5, 5.41) is 0. The van der Waals surface area contributed by atoms with E-state index in [1.807, 2.05) is 19.4 Å². The Morgan fingerprint density at radius 3 is 2.75 bits per heavy atom. The van der Waals surface area contributed by atoms with Gasteiger partial charge in [-0.05, 0) is 31.6 Å². The smallest absolute Gasteiger partial charge is 0.0948 e. The van der Waals surface area contributed by atoms with E-state index in [1.54, 1.807) is 0 Å². The molecule has 1 heterocycles. The molecule has 0 unspecified atom stereocenters. The fourth-order valence-electron chi connectivity index (χ4n) is 2.65. The van der Waals surface area contributed by atoms with Crippen LogP contribution in [0.25, 0.3) is 0 Å². The van der Waals surface area contributed by atoms with Gasteiger partial charge in [0.2, 0.25) is 0 Å². The van der Waals surface area contributed by atoms with Gasteiger partial charge in [-0.25, -0.2) is 4.98 Å². The van der Waals surface area contributed by atoms with Gasteiger partial charge < -0.3 is 10.3 Å². The second kappa shape index (κ2) is 5.00. The molecule has 0 bridgehead atoms. The lowest BCUT2D eigenvalue weighted by molar-refractivity contribution is 0.262. The Morgan fingerprint density at radius 2 is 2.12 bits per heavy atom. The van der Waals surface area contributed by atoms with Gasteiger partial charge in [0.15, 0.2) is 0 Å². The van der Waals surface area contributed by atoms with Crippen LogP contribution in [-0.4, -0.2) is 9.55 Å². The molecular weight excluding hydrogens is 198 g/mol. The van der Waals surface area contributed by atoms with Gasteiger partial charge in [-0.15, -0.1) is 0 Å². The minimum absolute atomic E-state index is 0.0880. The molecule has 0 radical (unpaired) electrons. The first-order valence-corrected chi connectivity index (χ1v) is 6.42. The van der Waals surface area contributed by atoms with Crippen LogP contribution < -0.4 is 5.73 Å². The van der Waals surface area contributed by atoms with Gasteiger partial charge in [-0.3, -0.25) is 0 Å². The zero-order chi connectivity index (χ0) is 11.5. The van der Waals surface area contributed by atoms with Crippen molar-refractivity contribution in [2.45, 2.75) is 52.1 Å². The van der Waals surface area contributed by atoms with Crippen molar-refractivity contribution in [3.63, 3.8) is 0 Å². The predicted octanol–water partition coefficient (Wildman–Crippen LogP) is 2.73. The summed E-state index contributed by atoms with van der Waals surface area (Å²) < 4.78 is 2.24. The summed E-state index contributed by atoms with van der Waals surface area (Å²) in [6.45, 7) is 5.49. The third kappa shape index (κ3) is 2.64. The van der Waals surface area contributed by atoms with Crippen molar-refractivity contribution in [1.29, 1.82) is 0 Å². The quantitative estimate of drug-likeness (QED) is 0.853. The Hall–Kier alpha value is -0.830. The van der Waals surface area contributed by atoms with Gasteiger partial charge in [0.25, 0.3) is 0 Å². The maximum atomic E-state index is 5.93. The monoisotopic (exact) mass is 221 g/mol. The number of aromatic nitrogens is 2. The van der Waals surface area contributed by atoms with Crippen LogP contribution >= 0.6 is 0 Å². The SMILES string of the molecule is CC1CCC(Cn2cncc2[C@H](C)N)CC1. The maximum absolute atomic E-state index is 5.93. The normalized spacial score (nSPS) is 27.9. The molecule has 0 spiro atoms. The van der Waals surface area contributed by atoms with Crippen LogP contribution in [0.2, 0.25) is 0 Å². The molecule has 0 saturated heterocycles. The molecule has 0 amide bonds. The zero-order valence-electron chi connectivity index (χ0n) is 10.4. The summed E-state index contributed by atoms with van der Waals surface area (Å²) in [5.74, 6) is 1.75. The molecule has 1 aliphatic rings. The molecule has 2 rings (SSSR count). The lowest BCUT2D eigenvalue weighted by Gasteiger charge is -2.27. The molecule has 2 N–H and O–H groups in total. The van der Waals surface area contributed by atoms with E-state index < -0.39 is 0 Å². The van der Waals surface area contributed by atoms with E-state index in [1.165, 1.54) is 31.4 Å². The Bertz CT molecular complexity index is 322. The van der Waals surface area contributed by atoms with Gasteiger partial charge in [-0.2, -0.15) is 0 Å². The minimum Gasteiger partial charge on any atom is -0.333 e. The van der Waals surface area contributed by atoms with Crippen LogP contribution in [0, 0.1) is 11.8 Å². The molecule has 90 valence electrons. The van der Waals surface area contributed by atoms with Crippen molar-refractivity contribution in [2.75, 3.05) is 0 Å². The average molecular weight is 221 g/mol. The van der Waals surface area contributed by atoms with Gasteiger partial charge in [-0.1, -0.05) is 19.8 Å². The number of imidazole rings is 1. The van der Waals surface area contributed by atoms with Crippen LogP contribution in [0.15, 0.2) is 12.5 Å². The third-order valence-electron chi connectivity index (χ3n) is 3.80. The van der Waals surface area contributed by atoms with E-state index in [-0.39, 0.29) is 6.04 Å². The van der Waals surface area contributed by atoms with Crippen LogP contribution in [0.4, 0.5) is 0 Å². The molecule has 1 aromatic rings. The van der Waals surface area contributed by atoms with Gasteiger partial charge >= 0.3 is 0 Å². The largest absolute Gasteiger partial charge is 0.333 e. The first-order valence-electron chi connectivity index (χ1n) is 6.42. The second-order valence-corrected chi connectivity index (χ2v) is 5.39. The summed E-state index contributed by atoms with van der Waals surface area (Å²) in [7, 11) is 0.